The summed E-state index contributed by atoms with van der Waals surface area (Å²) >= 11 is 1.94. The van der Waals surface area contributed by atoms with Crippen molar-refractivity contribution in [2.24, 2.45) is 0 Å². The van der Waals surface area contributed by atoms with E-state index in [0.717, 1.165) is 0 Å². The van der Waals surface area contributed by atoms with Crippen molar-refractivity contribution in [3.8, 4) is 16.8 Å². The largest absolute Gasteiger partial charge is 0.309 e. The first-order valence-corrected chi connectivity index (χ1v) is 16.1. The van der Waals surface area contributed by atoms with Gasteiger partial charge in [-0.2, -0.15) is 0 Å². The SMILES string of the molecule is Cc1ccc(-n2c3ccc4c(c3c3ccc5ccccc5c32)Sc2ccccc2C42c3ccccc3-c3ccccc32)cc1. The third-order valence-corrected chi connectivity index (χ3v) is 11.1. The molecule has 0 saturated heterocycles. The van der Waals surface area contributed by atoms with Crippen molar-refractivity contribution in [2.75, 3.05) is 0 Å². The summed E-state index contributed by atoms with van der Waals surface area (Å²) in [6.45, 7) is 2.16. The summed E-state index contributed by atoms with van der Waals surface area (Å²) in [4.78, 5) is 2.69. The highest BCUT2D eigenvalue weighted by atomic mass is 32.2. The molecule has 1 aliphatic heterocycles. The van der Waals surface area contributed by atoms with Gasteiger partial charge in [0.25, 0.3) is 0 Å². The maximum absolute atomic E-state index is 2.50. The second-order valence-corrected chi connectivity index (χ2v) is 13.2. The molecule has 8 aromatic rings. The molecule has 0 amide bonds. The number of benzene rings is 7. The lowest BCUT2D eigenvalue weighted by Crippen LogP contribution is -2.32. The Hall–Kier alpha value is -5.05. The van der Waals surface area contributed by atoms with Crippen LogP contribution in [0.1, 0.15) is 27.8 Å². The summed E-state index contributed by atoms with van der Waals surface area (Å²) in [5.74, 6) is 0. The predicted octanol–water partition coefficient (Wildman–Crippen LogP) is 11.1. The van der Waals surface area contributed by atoms with Gasteiger partial charge in [-0.15, -0.1) is 0 Å². The topological polar surface area (TPSA) is 4.93 Å². The van der Waals surface area contributed by atoms with Gasteiger partial charge in [0.1, 0.15) is 0 Å². The van der Waals surface area contributed by atoms with Crippen LogP contribution in [0.2, 0.25) is 0 Å². The Kier molecular flexibility index (Phi) is 4.85. The fraction of sp³-hybridized carbons (Fsp3) is 0.0476. The van der Waals surface area contributed by atoms with E-state index in [1.165, 1.54) is 87.0 Å². The third-order valence-electron chi connectivity index (χ3n) is 9.92. The summed E-state index contributed by atoms with van der Waals surface area (Å²) in [5, 5.41) is 5.18. The molecule has 1 nitrogen and oxygen atoms in total. The van der Waals surface area contributed by atoms with Gasteiger partial charge in [-0.1, -0.05) is 139 Å². The van der Waals surface area contributed by atoms with Gasteiger partial charge >= 0.3 is 0 Å². The van der Waals surface area contributed by atoms with Crippen LogP contribution in [0.15, 0.2) is 155 Å². The normalized spacial score (nSPS) is 14.1. The quantitative estimate of drug-likeness (QED) is 0.188. The summed E-state index contributed by atoms with van der Waals surface area (Å²) in [6.07, 6.45) is 0. The highest BCUT2D eigenvalue weighted by Gasteiger charge is 2.50. The molecule has 44 heavy (non-hydrogen) atoms. The van der Waals surface area contributed by atoms with E-state index in [9.17, 15) is 0 Å². The van der Waals surface area contributed by atoms with Crippen LogP contribution in [-0.4, -0.2) is 4.57 Å². The molecule has 0 radical (unpaired) electrons. The first-order valence-electron chi connectivity index (χ1n) is 15.3. The molecule has 206 valence electrons. The predicted molar refractivity (Wildman–Crippen MR) is 184 cm³/mol. The molecular weight excluding hydrogens is 551 g/mol. The minimum absolute atomic E-state index is 0.381. The van der Waals surface area contributed by atoms with Gasteiger partial charge < -0.3 is 4.57 Å². The molecule has 2 aliphatic rings. The molecule has 0 N–H and O–H groups in total. The number of aromatic nitrogens is 1. The highest BCUT2D eigenvalue weighted by Crippen LogP contribution is 2.63. The average molecular weight is 578 g/mol. The van der Waals surface area contributed by atoms with Crippen molar-refractivity contribution in [3.63, 3.8) is 0 Å². The first kappa shape index (κ1) is 24.4. The standard InChI is InChI=1S/C42H27NS/c1-26-18-21-28(22-19-26)43-37-25-24-36-41(39(37)32-23-20-27-10-2-3-11-29(27)40(32)43)44-38-17-9-8-16-35(38)42(36)33-14-6-4-12-30(33)31-13-5-7-15-34(31)42/h2-25H,1H3. The van der Waals surface area contributed by atoms with Crippen LogP contribution in [-0.2, 0) is 5.41 Å². The zero-order chi connectivity index (χ0) is 29.0. The minimum atomic E-state index is -0.381. The van der Waals surface area contributed by atoms with E-state index in [2.05, 4.69) is 157 Å². The molecular formula is C42H27NS. The molecule has 10 rings (SSSR count). The van der Waals surface area contributed by atoms with E-state index in [0.29, 0.717) is 0 Å². The van der Waals surface area contributed by atoms with Crippen LogP contribution in [0.4, 0.5) is 0 Å². The maximum Gasteiger partial charge on any atom is 0.0735 e. The Balaban J connectivity index is 1.42. The van der Waals surface area contributed by atoms with Gasteiger partial charge in [-0.05, 0) is 70.0 Å². The van der Waals surface area contributed by atoms with Crippen LogP contribution >= 0.6 is 11.8 Å². The highest BCUT2D eigenvalue weighted by molar-refractivity contribution is 7.99. The number of hydrogen-bond acceptors (Lipinski definition) is 1. The lowest BCUT2D eigenvalue weighted by Gasteiger charge is -2.40. The van der Waals surface area contributed by atoms with E-state index >= 15 is 0 Å². The first-order chi connectivity index (χ1) is 21.7. The zero-order valence-corrected chi connectivity index (χ0v) is 25.0. The minimum Gasteiger partial charge on any atom is -0.309 e. The van der Waals surface area contributed by atoms with E-state index in [4.69, 9.17) is 0 Å². The van der Waals surface area contributed by atoms with E-state index in [-0.39, 0.29) is 5.41 Å². The van der Waals surface area contributed by atoms with Crippen LogP contribution < -0.4 is 0 Å². The molecule has 0 saturated carbocycles. The zero-order valence-electron chi connectivity index (χ0n) is 24.2. The number of nitrogens with zero attached hydrogens (tertiary/aromatic N) is 1. The van der Waals surface area contributed by atoms with Crippen molar-refractivity contribution in [1.82, 2.24) is 4.57 Å². The van der Waals surface area contributed by atoms with Crippen LogP contribution in [0, 0.1) is 6.92 Å². The monoisotopic (exact) mass is 577 g/mol. The maximum atomic E-state index is 2.50. The average Bonchev–Trinajstić information content (AvgIpc) is 3.57. The summed E-state index contributed by atoms with van der Waals surface area (Å²) in [7, 11) is 0. The number of hydrogen-bond donors (Lipinski definition) is 0. The van der Waals surface area contributed by atoms with E-state index in [1.807, 2.05) is 11.8 Å². The Morgan fingerprint density at radius 1 is 0.523 bits per heavy atom. The van der Waals surface area contributed by atoms with Crippen LogP contribution in [0.5, 0.6) is 0 Å². The van der Waals surface area contributed by atoms with Crippen molar-refractivity contribution in [2.45, 2.75) is 22.1 Å². The van der Waals surface area contributed by atoms with Crippen LogP contribution in [0.3, 0.4) is 0 Å². The lowest BCUT2D eigenvalue weighted by atomic mass is 9.67. The smallest absolute Gasteiger partial charge is 0.0735 e. The Morgan fingerprint density at radius 2 is 1.18 bits per heavy atom. The second kappa shape index (κ2) is 8.75. The number of rotatable bonds is 1. The molecule has 0 atom stereocenters. The van der Waals surface area contributed by atoms with Gasteiger partial charge in [0.2, 0.25) is 0 Å². The fourth-order valence-corrected chi connectivity index (χ4v) is 9.48. The van der Waals surface area contributed by atoms with Gasteiger partial charge in [0, 0.05) is 31.6 Å². The second-order valence-electron chi connectivity index (χ2n) is 12.1. The van der Waals surface area contributed by atoms with E-state index in [1.54, 1.807) is 0 Å². The van der Waals surface area contributed by atoms with Gasteiger partial charge in [-0.3, -0.25) is 0 Å². The van der Waals surface area contributed by atoms with Crippen molar-refractivity contribution < 1.29 is 0 Å². The Bertz CT molecular complexity index is 2430. The molecule has 0 bridgehead atoms. The molecule has 1 aliphatic carbocycles. The van der Waals surface area contributed by atoms with Gasteiger partial charge in [-0.25, -0.2) is 0 Å². The van der Waals surface area contributed by atoms with Gasteiger partial charge in [0.15, 0.2) is 0 Å². The summed E-state index contributed by atoms with van der Waals surface area (Å²) in [5.41, 5.74) is 12.8. The molecule has 1 spiro atoms. The molecule has 7 aromatic carbocycles. The molecule has 0 unspecified atom stereocenters. The summed E-state index contributed by atoms with van der Waals surface area (Å²) in [6, 6.07) is 54.5. The van der Waals surface area contributed by atoms with Crippen molar-refractivity contribution >= 4 is 44.3 Å². The lowest BCUT2D eigenvalue weighted by molar-refractivity contribution is 0.726. The Labute approximate surface area is 260 Å². The molecule has 2 heterocycles. The molecule has 1 aromatic heterocycles. The number of fused-ring (bicyclic) bond motifs is 15. The van der Waals surface area contributed by atoms with Crippen LogP contribution in [0.25, 0.3) is 49.4 Å². The molecule has 0 fully saturated rings. The van der Waals surface area contributed by atoms with Gasteiger partial charge in [0.05, 0.1) is 16.4 Å². The number of aryl methyl sites for hydroxylation is 1. The third kappa shape index (κ3) is 2.96. The van der Waals surface area contributed by atoms with E-state index < -0.39 is 0 Å². The fourth-order valence-electron chi connectivity index (χ4n) is 8.14. The van der Waals surface area contributed by atoms with Crippen molar-refractivity contribution in [3.05, 3.63) is 173 Å². The van der Waals surface area contributed by atoms with Crippen molar-refractivity contribution in [1.29, 1.82) is 0 Å². The summed E-state index contributed by atoms with van der Waals surface area (Å²) < 4.78 is 2.50. The molecule has 2 heteroatoms. The Morgan fingerprint density at radius 3 is 1.95 bits per heavy atom.